The Morgan fingerprint density at radius 3 is 2.37 bits per heavy atom. The van der Waals surface area contributed by atoms with E-state index in [0.29, 0.717) is 22.6 Å². The molecule has 0 radical (unpaired) electrons. The second-order valence-electron chi connectivity index (χ2n) is 5.84. The van der Waals surface area contributed by atoms with E-state index in [2.05, 4.69) is 5.32 Å². The van der Waals surface area contributed by atoms with Crippen molar-refractivity contribution in [2.75, 3.05) is 5.32 Å². The van der Waals surface area contributed by atoms with E-state index >= 15 is 0 Å². The molecule has 1 aromatic heterocycles. The minimum atomic E-state index is -1.12. The number of carboxylic acids is 1. The second-order valence-corrected chi connectivity index (χ2v) is 7.16. The average Bonchev–Trinajstić information content (AvgIpc) is 3.05. The first-order valence-corrected chi connectivity index (χ1v) is 9.35. The third-order valence-corrected chi connectivity index (χ3v) is 5.11. The summed E-state index contributed by atoms with van der Waals surface area (Å²) in [7, 11) is 0. The van der Waals surface area contributed by atoms with Crippen LogP contribution in [-0.2, 0) is 11.2 Å². The van der Waals surface area contributed by atoms with Crippen molar-refractivity contribution >= 4 is 39.8 Å². The van der Waals surface area contributed by atoms with Crippen LogP contribution in [0.2, 0.25) is 5.02 Å². The van der Waals surface area contributed by atoms with Crippen LogP contribution in [0.25, 0.3) is 11.1 Å². The van der Waals surface area contributed by atoms with Gasteiger partial charge in [-0.15, -0.1) is 11.3 Å². The average molecular weight is 404 g/mol. The molecule has 3 aromatic rings. The van der Waals surface area contributed by atoms with Crippen molar-refractivity contribution in [2.45, 2.75) is 12.8 Å². The van der Waals surface area contributed by atoms with E-state index < -0.39 is 5.97 Å². The van der Waals surface area contributed by atoms with Crippen LogP contribution in [-0.4, -0.2) is 17.0 Å². The van der Waals surface area contributed by atoms with Gasteiger partial charge in [0, 0.05) is 22.4 Å². The molecule has 1 heterocycles. The van der Waals surface area contributed by atoms with E-state index in [4.69, 9.17) is 11.6 Å². The van der Waals surface area contributed by atoms with E-state index in [-0.39, 0.29) is 28.7 Å². The molecule has 4 nitrogen and oxygen atoms in total. The van der Waals surface area contributed by atoms with Gasteiger partial charge in [0.1, 0.15) is 16.4 Å². The highest BCUT2D eigenvalue weighted by molar-refractivity contribution is 7.15. The van der Waals surface area contributed by atoms with Gasteiger partial charge in [0.25, 0.3) is 0 Å². The number of amides is 1. The largest absolute Gasteiger partial charge is 0.478 e. The molecule has 2 aromatic carbocycles. The topological polar surface area (TPSA) is 66.4 Å². The number of carboxylic acid groups (broad SMARTS) is 1. The lowest BCUT2D eigenvalue weighted by Crippen LogP contribution is -2.14. The third-order valence-electron chi connectivity index (χ3n) is 3.97. The molecule has 0 aliphatic heterocycles. The smallest absolute Gasteiger partial charge is 0.339 e. The number of benzene rings is 2. The Bertz CT molecular complexity index is 968. The lowest BCUT2D eigenvalue weighted by atomic mass is 10.0. The highest BCUT2D eigenvalue weighted by Crippen LogP contribution is 2.36. The summed E-state index contributed by atoms with van der Waals surface area (Å²) in [6.45, 7) is 0. The minimum absolute atomic E-state index is 0.0532. The van der Waals surface area contributed by atoms with Gasteiger partial charge in [-0.3, -0.25) is 4.79 Å². The molecule has 0 atom stereocenters. The SMILES string of the molecule is O=C(CCc1ccc(F)cc1)Nc1scc(-c2ccc(Cl)cc2)c1C(=O)O. The molecule has 0 bridgehead atoms. The van der Waals surface area contributed by atoms with Crippen LogP contribution < -0.4 is 5.32 Å². The fraction of sp³-hybridized carbons (Fsp3) is 0.100. The normalized spacial score (nSPS) is 10.6. The maximum atomic E-state index is 12.9. The zero-order chi connectivity index (χ0) is 19.4. The van der Waals surface area contributed by atoms with Crippen molar-refractivity contribution in [3.8, 4) is 11.1 Å². The van der Waals surface area contributed by atoms with Gasteiger partial charge in [0.05, 0.1) is 0 Å². The van der Waals surface area contributed by atoms with Crippen LogP contribution in [0.1, 0.15) is 22.3 Å². The van der Waals surface area contributed by atoms with Crippen LogP contribution in [0.5, 0.6) is 0 Å². The first kappa shape index (κ1) is 19.1. The highest BCUT2D eigenvalue weighted by Gasteiger charge is 2.21. The second kappa shape index (κ2) is 8.33. The summed E-state index contributed by atoms with van der Waals surface area (Å²) in [5, 5.41) is 14.8. The summed E-state index contributed by atoms with van der Waals surface area (Å²) in [6, 6.07) is 12.8. The summed E-state index contributed by atoms with van der Waals surface area (Å²) in [6.07, 6.45) is 0.600. The molecule has 3 rings (SSSR count). The number of carbonyl (C=O) groups excluding carboxylic acids is 1. The number of anilines is 1. The number of aromatic carboxylic acids is 1. The van der Waals surface area contributed by atoms with Gasteiger partial charge in [0.15, 0.2) is 0 Å². The number of thiophene rings is 1. The molecule has 0 aliphatic carbocycles. The van der Waals surface area contributed by atoms with Crippen molar-refractivity contribution in [3.05, 3.63) is 75.9 Å². The monoisotopic (exact) mass is 403 g/mol. The lowest BCUT2D eigenvalue weighted by Gasteiger charge is -2.06. The fourth-order valence-corrected chi connectivity index (χ4v) is 3.71. The first-order valence-electron chi connectivity index (χ1n) is 8.09. The van der Waals surface area contributed by atoms with E-state index in [0.717, 1.165) is 16.9 Å². The molecule has 7 heteroatoms. The van der Waals surface area contributed by atoms with Crippen molar-refractivity contribution in [2.24, 2.45) is 0 Å². The summed E-state index contributed by atoms with van der Waals surface area (Å²) in [4.78, 5) is 24.0. The van der Waals surface area contributed by atoms with E-state index in [1.807, 2.05) is 0 Å². The fourth-order valence-electron chi connectivity index (χ4n) is 2.60. The van der Waals surface area contributed by atoms with E-state index in [9.17, 15) is 19.1 Å². The Labute approximate surface area is 164 Å². The number of nitrogens with one attached hydrogen (secondary N) is 1. The molecule has 27 heavy (non-hydrogen) atoms. The predicted molar refractivity (Wildman–Crippen MR) is 105 cm³/mol. The van der Waals surface area contributed by atoms with E-state index in [1.165, 1.54) is 12.1 Å². The highest BCUT2D eigenvalue weighted by atomic mass is 35.5. The standard InChI is InChI=1S/C20H15ClFNO3S/c21-14-6-4-13(5-7-14)16-11-27-19(18(16)20(25)26)23-17(24)10-3-12-1-8-15(22)9-2-12/h1-2,4-9,11H,3,10H2,(H,23,24)(H,25,26). The first-order chi connectivity index (χ1) is 12.9. The third kappa shape index (κ3) is 4.72. The van der Waals surface area contributed by atoms with Crippen LogP contribution in [0.4, 0.5) is 9.39 Å². The van der Waals surface area contributed by atoms with Gasteiger partial charge < -0.3 is 10.4 Å². The molecule has 0 unspecified atom stereocenters. The molecule has 0 saturated heterocycles. The summed E-state index contributed by atoms with van der Waals surface area (Å²) < 4.78 is 12.9. The number of hydrogen-bond donors (Lipinski definition) is 2. The Morgan fingerprint density at radius 2 is 1.74 bits per heavy atom. The lowest BCUT2D eigenvalue weighted by molar-refractivity contribution is -0.116. The molecule has 0 fully saturated rings. The van der Waals surface area contributed by atoms with Gasteiger partial charge in [0.2, 0.25) is 5.91 Å². The van der Waals surface area contributed by atoms with Crippen LogP contribution in [0.15, 0.2) is 53.9 Å². The molecule has 1 amide bonds. The van der Waals surface area contributed by atoms with Gasteiger partial charge in [-0.2, -0.15) is 0 Å². The molecule has 2 N–H and O–H groups in total. The maximum Gasteiger partial charge on any atom is 0.339 e. The van der Waals surface area contributed by atoms with Crippen LogP contribution in [0, 0.1) is 5.82 Å². The minimum Gasteiger partial charge on any atom is -0.478 e. The summed E-state index contributed by atoms with van der Waals surface area (Å²) in [5.74, 6) is -1.75. The Morgan fingerprint density at radius 1 is 1.07 bits per heavy atom. The molecule has 0 saturated carbocycles. The number of carbonyl (C=O) groups is 2. The molecular weight excluding hydrogens is 389 g/mol. The van der Waals surface area contributed by atoms with Crippen molar-refractivity contribution < 1.29 is 19.1 Å². The molecule has 0 aliphatic rings. The summed E-state index contributed by atoms with van der Waals surface area (Å²) >= 11 is 7.04. The van der Waals surface area contributed by atoms with Gasteiger partial charge >= 0.3 is 5.97 Å². The molecule has 0 spiro atoms. The number of aryl methyl sites for hydroxylation is 1. The van der Waals surface area contributed by atoms with Crippen LogP contribution >= 0.6 is 22.9 Å². The van der Waals surface area contributed by atoms with Crippen LogP contribution in [0.3, 0.4) is 0 Å². The molecular formula is C20H15ClFNO3S. The zero-order valence-electron chi connectivity index (χ0n) is 14.0. The van der Waals surface area contributed by atoms with Gasteiger partial charge in [-0.05, 0) is 41.8 Å². The van der Waals surface area contributed by atoms with Crippen molar-refractivity contribution in [1.82, 2.24) is 0 Å². The predicted octanol–water partition coefficient (Wildman–Crippen LogP) is 5.48. The number of halogens is 2. The molecule has 138 valence electrons. The zero-order valence-corrected chi connectivity index (χ0v) is 15.6. The summed E-state index contributed by atoms with van der Waals surface area (Å²) in [5.41, 5.74) is 2.12. The Kier molecular flexibility index (Phi) is 5.88. The van der Waals surface area contributed by atoms with Gasteiger partial charge in [-0.25, -0.2) is 9.18 Å². The Hall–Kier alpha value is -2.70. The maximum absolute atomic E-state index is 12.9. The number of rotatable bonds is 6. The van der Waals surface area contributed by atoms with Crippen molar-refractivity contribution in [1.29, 1.82) is 0 Å². The number of hydrogen-bond acceptors (Lipinski definition) is 3. The Balaban J connectivity index is 1.74. The van der Waals surface area contributed by atoms with E-state index in [1.54, 1.807) is 41.8 Å². The quantitative estimate of drug-likeness (QED) is 0.573. The van der Waals surface area contributed by atoms with Gasteiger partial charge in [-0.1, -0.05) is 35.9 Å². The van der Waals surface area contributed by atoms with Crippen molar-refractivity contribution in [3.63, 3.8) is 0 Å².